The first kappa shape index (κ1) is 19.1. The highest BCUT2D eigenvalue weighted by molar-refractivity contribution is 5.87. The molecule has 0 aliphatic carbocycles. The molecular formula is C25H22N4O2. The lowest BCUT2D eigenvalue weighted by atomic mass is 10.2. The number of pyridine rings is 2. The number of aryl methyl sites for hydroxylation is 2. The number of rotatable bonds is 5. The fourth-order valence-corrected chi connectivity index (χ4v) is 4.08. The third-order valence-corrected chi connectivity index (χ3v) is 5.61. The summed E-state index contributed by atoms with van der Waals surface area (Å²) < 4.78 is 9.63. The summed E-state index contributed by atoms with van der Waals surface area (Å²) in [4.78, 5) is 21.2. The number of carbonyl (C=O) groups excluding carboxylic acids is 1. The summed E-state index contributed by atoms with van der Waals surface area (Å²) in [6.07, 6.45) is 1.67. The Labute approximate surface area is 179 Å². The number of hydrogen-bond donors (Lipinski definition) is 0. The number of ether oxygens (including phenoxy) is 1. The summed E-state index contributed by atoms with van der Waals surface area (Å²) in [5, 5.41) is 1.05. The van der Waals surface area contributed by atoms with Crippen molar-refractivity contribution in [1.82, 2.24) is 18.9 Å². The van der Waals surface area contributed by atoms with Gasteiger partial charge in [-0.2, -0.15) is 0 Å². The SMILES string of the molecule is CCc1ccc2cc(-c3nc4cc(C=O)cc(OC)n4c3C)n(-c3ccccc3)c2n1. The van der Waals surface area contributed by atoms with Gasteiger partial charge in [0, 0.05) is 28.4 Å². The van der Waals surface area contributed by atoms with Crippen LogP contribution in [-0.4, -0.2) is 32.3 Å². The molecule has 0 bridgehead atoms. The van der Waals surface area contributed by atoms with E-state index in [1.807, 2.05) is 29.5 Å². The molecule has 0 amide bonds. The van der Waals surface area contributed by atoms with Crippen LogP contribution in [0, 0.1) is 6.92 Å². The van der Waals surface area contributed by atoms with Crippen LogP contribution in [0.25, 0.3) is 33.8 Å². The number of para-hydroxylation sites is 1. The lowest BCUT2D eigenvalue weighted by Gasteiger charge is -2.10. The molecule has 0 unspecified atom stereocenters. The van der Waals surface area contributed by atoms with Gasteiger partial charge in [-0.1, -0.05) is 25.1 Å². The van der Waals surface area contributed by atoms with Gasteiger partial charge in [0.15, 0.2) is 5.88 Å². The molecule has 0 aliphatic rings. The first-order valence-electron chi connectivity index (χ1n) is 10.2. The highest BCUT2D eigenvalue weighted by Gasteiger charge is 2.21. The van der Waals surface area contributed by atoms with E-state index in [9.17, 15) is 4.79 Å². The standard InChI is InChI=1S/C25H22N4O2/c1-4-19-11-10-18-14-21(29(25(18)26-19)20-8-6-5-7-9-20)24-16(2)28-22(27-24)12-17(15-30)13-23(28)31-3/h5-15H,4H2,1-3H3. The fraction of sp³-hybridized carbons (Fsp3) is 0.160. The highest BCUT2D eigenvalue weighted by Crippen LogP contribution is 2.34. The number of carbonyl (C=O) groups is 1. The van der Waals surface area contributed by atoms with E-state index in [0.717, 1.165) is 52.2 Å². The Morgan fingerprint density at radius 3 is 2.55 bits per heavy atom. The maximum absolute atomic E-state index is 11.4. The van der Waals surface area contributed by atoms with Crippen LogP contribution < -0.4 is 4.74 Å². The van der Waals surface area contributed by atoms with Crippen LogP contribution in [0.3, 0.4) is 0 Å². The van der Waals surface area contributed by atoms with E-state index in [0.29, 0.717) is 17.1 Å². The van der Waals surface area contributed by atoms with E-state index >= 15 is 0 Å². The number of aldehydes is 1. The summed E-state index contributed by atoms with van der Waals surface area (Å²) in [7, 11) is 1.60. The highest BCUT2D eigenvalue weighted by atomic mass is 16.5. The average Bonchev–Trinajstić information content (AvgIpc) is 3.35. The van der Waals surface area contributed by atoms with Gasteiger partial charge < -0.3 is 4.74 Å². The molecule has 5 rings (SSSR count). The molecule has 5 aromatic rings. The normalized spacial score (nSPS) is 11.3. The lowest BCUT2D eigenvalue weighted by molar-refractivity contribution is 0.112. The Kier molecular flexibility index (Phi) is 4.55. The largest absolute Gasteiger partial charge is 0.482 e. The molecule has 0 aliphatic heterocycles. The zero-order chi connectivity index (χ0) is 21.5. The molecule has 6 heteroatoms. The fourth-order valence-electron chi connectivity index (χ4n) is 4.08. The smallest absolute Gasteiger partial charge is 0.199 e. The molecule has 0 spiro atoms. The molecule has 4 heterocycles. The average molecular weight is 410 g/mol. The van der Waals surface area contributed by atoms with E-state index < -0.39 is 0 Å². The van der Waals surface area contributed by atoms with Gasteiger partial charge in [-0.05, 0) is 49.7 Å². The van der Waals surface area contributed by atoms with Gasteiger partial charge in [-0.15, -0.1) is 0 Å². The Morgan fingerprint density at radius 1 is 1.03 bits per heavy atom. The van der Waals surface area contributed by atoms with E-state index in [2.05, 4.69) is 41.8 Å². The van der Waals surface area contributed by atoms with E-state index in [4.69, 9.17) is 14.7 Å². The molecule has 6 nitrogen and oxygen atoms in total. The number of fused-ring (bicyclic) bond motifs is 2. The number of imidazole rings is 1. The van der Waals surface area contributed by atoms with Gasteiger partial charge in [-0.25, -0.2) is 9.97 Å². The number of hydrogen-bond acceptors (Lipinski definition) is 4. The Hall–Kier alpha value is -3.93. The maximum Gasteiger partial charge on any atom is 0.199 e. The number of nitrogens with zero attached hydrogens (tertiary/aromatic N) is 4. The molecule has 31 heavy (non-hydrogen) atoms. The zero-order valence-electron chi connectivity index (χ0n) is 17.7. The second-order valence-corrected chi connectivity index (χ2v) is 7.46. The molecule has 0 radical (unpaired) electrons. The quantitative estimate of drug-likeness (QED) is 0.381. The molecular weight excluding hydrogens is 388 g/mol. The van der Waals surface area contributed by atoms with Crippen molar-refractivity contribution in [3.05, 3.63) is 77.6 Å². The molecule has 0 fully saturated rings. The van der Waals surface area contributed by atoms with Gasteiger partial charge in [0.25, 0.3) is 0 Å². The minimum atomic E-state index is 0.527. The van der Waals surface area contributed by atoms with Crippen molar-refractivity contribution in [2.75, 3.05) is 7.11 Å². The lowest BCUT2D eigenvalue weighted by Crippen LogP contribution is -2.00. The third-order valence-electron chi connectivity index (χ3n) is 5.61. The van der Waals surface area contributed by atoms with Crippen molar-refractivity contribution < 1.29 is 9.53 Å². The van der Waals surface area contributed by atoms with Crippen LogP contribution in [0.1, 0.15) is 28.7 Å². The summed E-state index contributed by atoms with van der Waals surface area (Å²) in [5.41, 5.74) is 6.85. The predicted molar refractivity (Wildman–Crippen MR) is 121 cm³/mol. The van der Waals surface area contributed by atoms with Crippen LogP contribution in [0.4, 0.5) is 0 Å². The molecule has 1 aromatic carbocycles. The number of benzene rings is 1. The Balaban J connectivity index is 1.86. The molecule has 0 N–H and O–H groups in total. The minimum absolute atomic E-state index is 0.527. The first-order chi connectivity index (χ1) is 15.1. The third kappa shape index (κ3) is 2.99. The minimum Gasteiger partial charge on any atom is -0.482 e. The van der Waals surface area contributed by atoms with Gasteiger partial charge in [-0.3, -0.25) is 13.8 Å². The monoisotopic (exact) mass is 410 g/mol. The molecule has 154 valence electrons. The maximum atomic E-state index is 11.4. The Morgan fingerprint density at radius 2 is 1.84 bits per heavy atom. The summed E-state index contributed by atoms with van der Waals surface area (Å²) in [5.74, 6) is 0.574. The van der Waals surface area contributed by atoms with Crippen molar-refractivity contribution in [2.45, 2.75) is 20.3 Å². The summed E-state index contributed by atoms with van der Waals surface area (Å²) in [6.45, 7) is 4.12. The zero-order valence-corrected chi connectivity index (χ0v) is 17.7. The van der Waals surface area contributed by atoms with Gasteiger partial charge in [0.05, 0.1) is 18.5 Å². The van der Waals surface area contributed by atoms with Crippen LogP contribution in [-0.2, 0) is 6.42 Å². The van der Waals surface area contributed by atoms with Crippen molar-refractivity contribution in [3.8, 4) is 23.0 Å². The molecule has 0 saturated heterocycles. The van der Waals surface area contributed by atoms with E-state index in [1.165, 1.54) is 0 Å². The summed E-state index contributed by atoms with van der Waals surface area (Å²) >= 11 is 0. The predicted octanol–water partition coefficient (Wildman–Crippen LogP) is 5.03. The van der Waals surface area contributed by atoms with Gasteiger partial charge in [0.2, 0.25) is 0 Å². The van der Waals surface area contributed by atoms with Crippen molar-refractivity contribution >= 4 is 23.0 Å². The van der Waals surface area contributed by atoms with Gasteiger partial charge >= 0.3 is 0 Å². The van der Waals surface area contributed by atoms with Crippen LogP contribution >= 0.6 is 0 Å². The van der Waals surface area contributed by atoms with Crippen LogP contribution in [0.15, 0.2) is 60.7 Å². The van der Waals surface area contributed by atoms with Crippen LogP contribution in [0.2, 0.25) is 0 Å². The van der Waals surface area contributed by atoms with Crippen molar-refractivity contribution in [2.24, 2.45) is 0 Å². The first-order valence-corrected chi connectivity index (χ1v) is 10.2. The summed E-state index contributed by atoms with van der Waals surface area (Å²) in [6, 6.07) is 20.0. The van der Waals surface area contributed by atoms with Crippen molar-refractivity contribution in [1.29, 1.82) is 0 Å². The molecule has 0 atom stereocenters. The Bertz CT molecular complexity index is 1430. The van der Waals surface area contributed by atoms with Crippen LogP contribution in [0.5, 0.6) is 5.88 Å². The molecule has 0 saturated carbocycles. The second-order valence-electron chi connectivity index (χ2n) is 7.46. The van der Waals surface area contributed by atoms with Crippen molar-refractivity contribution in [3.63, 3.8) is 0 Å². The van der Waals surface area contributed by atoms with E-state index in [-0.39, 0.29) is 0 Å². The number of methoxy groups -OCH3 is 1. The number of aromatic nitrogens is 4. The second kappa shape index (κ2) is 7.40. The topological polar surface area (TPSA) is 61.4 Å². The molecule has 4 aromatic heterocycles. The van der Waals surface area contributed by atoms with E-state index in [1.54, 1.807) is 19.2 Å². The van der Waals surface area contributed by atoms with Gasteiger partial charge in [0.1, 0.15) is 23.3 Å².